The van der Waals surface area contributed by atoms with E-state index in [-0.39, 0.29) is 6.61 Å². The minimum atomic E-state index is -1.06. The lowest BCUT2D eigenvalue weighted by Crippen LogP contribution is -2.29. The summed E-state index contributed by atoms with van der Waals surface area (Å²) in [5, 5.41) is 20.2. The van der Waals surface area contributed by atoms with Crippen molar-refractivity contribution in [3.63, 3.8) is 0 Å². The smallest absolute Gasteiger partial charge is 0.161 e. The lowest BCUT2D eigenvalue weighted by atomic mass is 10.0. The standard InChI is InChI=1S/C18H22O6/c1-21-13-6-4-5-7-15(13)24-17(11-19)18(20)12-8-9-14(22-2)16(10-12)23-3/h4-10,17-20H,11H2,1-3H3/t17-,18-/m0/s1. The molecule has 0 aliphatic rings. The average molecular weight is 334 g/mol. The first-order valence-corrected chi connectivity index (χ1v) is 7.45. The van der Waals surface area contributed by atoms with Gasteiger partial charge in [0.2, 0.25) is 0 Å². The zero-order chi connectivity index (χ0) is 17.5. The number of aliphatic hydroxyl groups is 2. The summed E-state index contributed by atoms with van der Waals surface area (Å²) in [4.78, 5) is 0. The van der Waals surface area contributed by atoms with Gasteiger partial charge in [-0.3, -0.25) is 0 Å². The summed E-state index contributed by atoms with van der Waals surface area (Å²) in [5.41, 5.74) is 0.543. The zero-order valence-corrected chi connectivity index (χ0v) is 13.9. The Morgan fingerprint density at radius 3 is 2.00 bits per heavy atom. The van der Waals surface area contributed by atoms with Crippen LogP contribution in [0.3, 0.4) is 0 Å². The first-order valence-electron chi connectivity index (χ1n) is 7.45. The molecule has 130 valence electrons. The highest BCUT2D eigenvalue weighted by Crippen LogP contribution is 2.33. The van der Waals surface area contributed by atoms with Crippen LogP contribution in [0.2, 0.25) is 0 Å². The Balaban J connectivity index is 2.24. The Kier molecular flexibility index (Phi) is 6.28. The van der Waals surface area contributed by atoms with Gasteiger partial charge in [-0.05, 0) is 29.8 Å². The topological polar surface area (TPSA) is 77.4 Å². The molecule has 2 atom stereocenters. The van der Waals surface area contributed by atoms with Crippen LogP contribution in [0.1, 0.15) is 11.7 Å². The molecule has 2 aromatic carbocycles. The normalized spacial score (nSPS) is 13.0. The van der Waals surface area contributed by atoms with Gasteiger partial charge in [0.25, 0.3) is 0 Å². The second kappa shape index (κ2) is 8.42. The van der Waals surface area contributed by atoms with Gasteiger partial charge in [0.05, 0.1) is 27.9 Å². The number of methoxy groups -OCH3 is 3. The minimum absolute atomic E-state index is 0.368. The summed E-state index contributed by atoms with van der Waals surface area (Å²) in [6.07, 6.45) is -1.92. The number of rotatable bonds is 8. The summed E-state index contributed by atoms with van der Waals surface area (Å²) in [7, 11) is 4.58. The molecule has 24 heavy (non-hydrogen) atoms. The lowest BCUT2D eigenvalue weighted by molar-refractivity contribution is -0.000514. The molecule has 0 spiro atoms. The van der Waals surface area contributed by atoms with E-state index >= 15 is 0 Å². The predicted molar refractivity (Wildman–Crippen MR) is 89.0 cm³/mol. The van der Waals surface area contributed by atoms with Crippen LogP contribution < -0.4 is 18.9 Å². The molecule has 2 N–H and O–H groups in total. The van der Waals surface area contributed by atoms with Gasteiger partial charge < -0.3 is 29.2 Å². The molecule has 2 aromatic rings. The molecular formula is C18H22O6. The van der Waals surface area contributed by atoms with Crippen LogP contribution in [0.4, 0.5) is 0 Å². The number of hydrogen-bond donors (Lipinski definition) is 2. The highest BCUT2D eigenvalue weighted by Gasteiger charge is 2.24. The first-order chi connectivity index (χ1) is 11.6. The molecule has 0 aliphatic heterocycles. The SMILES string of the molecule is COc1ccc([C@H](O)[C@H](CO)Oc2ccccc2OC)cc1OC. The molecule has 0 aromatic heterocycles. The molecule has 0 heterocycles. The molecular weight excluding hydrogens is 312 g/mol. The van der Waals surface area contributed by atoms with E-state index in [2.05, 4.69) is 0 Å². The zero-order valence-electron chi connectivity index (χ0n) is 13.9. The van der Waals surface area contributed by atoms with Crippen molar-refractivity contribution in [1.82, 2.24) is 0 Å². The maximum atomic E-state index is 10.6. The van der Waals surface area contributed by atoms with E-state index in [0.717, 1.165) is 0 Å². The molecule has 0 saturated carbocycles. The van der Waals surface area contributed by atoms with Crippen molar-refractivity contribution in [1.29, 1.82) is 0 Å². The van der Waals surface area contributed by atoms with Gasteiger partial charge in [0, 0.05) is 0 Å². The molecule has 0 saturated heterocycles. The van der Waals surface area contributed by atoms with Crippen LogP contribution >= 0.6 is 0 Å². The molecule has 0 unspecified atom stereocenters. The van der Waals surface area contributed by atoms with Gasteiger partial charge in [-0.25, -0.2) is 0 Å². The highest BCUT2D eigenvalue weighted by molar-refractivity contribution is 5.44. The van der Waals surface area contributed by atoms with Crippen LogP contribution in [0.15, 0.2) is 42.5 Å². The number of aliphatic hydroxyl groups excluding tert-OH is 2. The minimum Gasteiger partial charge on any atom is -0.493 e. The van der Waals surface area contributed by atoms with Crippen LogP contribution in [0, 0.1) is 0 Å². The molecule has 6 nitrogen and oxygen atoms in total. The molecule has 0 bridgehead atoms. The van der Waals surface area contributed by atoms with Gasteiger partial charge in [0.15, 0.2) is 29.1 Å². The summed E-state index contributed by atoms with van der Waals surface area (Å²) in [6, 6.07) is 12.1. The third kappa shape index (κ3) is 3.90. The van der Waals surface area contributed by atoms with Crippen molar-refractivity contribution < 1.29 is 29.2 Å². The van der Waals surface area contributed by atoms with E-state index in [4.69, 9.17) is 18.9 Å². The molecule has 0 fully saturated rings. The van der Waals surface area contributed by atoms with Crippen molar-refractivity contribution >= 4 is 0 Å². The molecule has 6 heteroatoms. The summed E-state index contributed by atoms with van der Waals surface area (Å²) in [6.45, 7) is -0.368. The van der Waals surface area contributed by atoms with Gasteiger partial charge in [0.1, 0.15) is 6.10 Å². The fourth-order valence-electron chi connectivity index (χ4n) is 2.33. The van der Waals surface area contributed by atoms with E-state index in [1.165, 1.54) is 21.3 Å². The van der Waals surface area contributed by atoms with Crippen LogP contribution in [-0.4, -0.2) is 44.3 Å². The van der Waals surface area contributed by atoms with Crippen molar-refractivity contribution in [2.45, 2.75) is 12.2 Å². The van der Waals surface area contributed by atoms with Crippen LogP contribution in [0.5, 0.6) is 23.0 Å². The second-order valence-electron chi connectivity index (χ2n) is 5.05. The largest absolute Gasteiger partial charge is 0.493 e. The lowest BCUT2D eigenvalue weighted by Gasteiger charge is -2.24. The summed E-state index contributed by atoms with van der Waals surface area (Å²) >= 11 is 0. The van der Waals surface area contributed by atoms with Crippen molar-refractivity contribution in [2.75, 3.05) is 27.9 Å². The molecule has 0 radical (unpaired) electrons. The fourth-order valence-corrected chi connectivity index (χ4v) is 2.33. The van der Waals surface area contributed by atoms with Gasteiger partial charge in [-0.2, -0.15) is 0 Å². The number of ether oxygens (including phenoxy) is 4. The molecule has 2 rings (SSSR count). The van der Waals surface area contributed by atoms with E-state index in [9.17, 15) is 10.2 Å². The third-order valence-corrected chi connectivity index (χ3v) is 3.63. The Hall–Kier alpha value is -2.44. The van der Waals surface area contributed by atoms with E-state index in [0.29, 0.717) is 28.6 Å². The Morgan fingerprint density at radius 2 is 1.42 bits per heavy atom. The first kappa shape index (κ1) is 17.9. The number of para-hydroxylation sites is 2. The maximum Gasteiger partial charge on any atom is 0.161 e. The van der Waals surface area contributed by atoms with Crippen molar-refractivity contribution in [3.8, 4) is 23.0 Å². The van der Waals surface area contributed by atoms with Gasteiger partial charge in [-0.15, -0.1) is 0 Å². The summed E-state index contributed by atoms with van der Waals surface area (Å²) < 4.78 is 21.4. The Bertz CT molecular complexity index is 658. The third-order valence-electron chi connectivity index (χ3n) is 3.63. The monoisotopic (exact) mass is 334 g/mol. The van der Waals surface area contributed by atoms with Crippen molar-refractivity contribution in [3.05, 3.63) is 48.0 Å². The van der Waals surface area contributed by atoms with Crippen LogP contribution in [0.25, 0.3) is 0 Å². The Labute approximate surface area is 141 Å². The predicted octanol–water partition coefficient (Wildman–Crippen LogP) is 2.19. The fraction of sp³-hybridized carbons (Fsp3) is 0.333. The molecule has 0 aliphatic carbocycles. The highest BCUT2D eigenvalue weighted by atomic mass is 16.5. The summed E-state index contributed by atoms with van der Waals surface area (Å²) in [5.74, 6) is 2.01. The quantitative estimate of drug-likeness (QED) is 0.770. The van der Waals surface area contributed by atoms with E-state index in [1.54, 1.807) is 36.4 Å². The van der Waals surface area contributed by atoms with Gasteiger partial charge in [-0.1, -0.05) is 18.2 Å². The van der Waals surface area contributed by atoms with E-state index in [1.807, 2.05) is 6.07 Å². The van der Waals surface area contributed by atoms with E-state index < -0.39 is 12.2 Å². The average Bonchev–Trinajstić information content (AvgIpc) is 2.65. The van der Waals surface area contributed by atoms with Crippen molar-refractivity contribution in [2.24, 2.45) is 0 Å². The Morgan fingerprint density at radius 1 is 0.833 bits per heavy atom. The number of hydrogen-bond acceptors (Lipinski definition) is 6. The molecule has 0 amide bonds. The second-order valence-corrected chi connectivity index (χ2v) is 5.05. The van der Waals surface area contributed by atoms with Gasteiger partial charge >= 0.3 is 0 Å². The maximum absolute atomic E-state index is 10.6. The number of benzene rings is 2. The van der Waals surface area contributed by atoms with Crippen LogP contribution in [-0.2, 0) is 0 Å².